The van der Waals surface area contributed by atoms with Crippen molar-refractivity contribution in [2.45, 2.75) is 104 Å². The van der Waals surface area contributed by atoms with E-state index in [1.165, 1.54) is 52.2 Å². The van der Waals surface area contributed by atoms with Crippen molar-refractivity contribution in [1.29, 1.82) is 0 Å². The van der Waals surface area contributed by atoms with Crippen LogP contribution in [0.5, 0.6) is 0 Å². The van der Waals surface area contributed by atoms with E-state index in [1.807, 2.05) is 7.48 Å². The van der Waals surface area contributed by atoms with E-state index in [1.54, 1.807) is 0 Å². The molecular weight excluding hydrogens is 351 g/mol. The lowest BCUT2D eigenvalue weighted by atomic mass is 9.56. The SMILES string of the molecule is CC(C)(C)C(C)(CCCC[B]OC(C)(C)C(C)(C)S)C1CCNCC1.CN. The van der Waals surface area contributed by atoms with E-state index in [2.05, 4.69) is 79.1 Å². The third-order valence-corrected chi connectivity index (χ3v) is 7.61. The smallest absolute Gasteiger partial charge is 0.293 e. The molecule has 1 saturated heterocycles. The first-order valence-corrected chi connectivity index (χ1v) is 11.3. The third-order valence-electron chi connectivity index (χ3n) is 7.07. The summed E-state index contributed by atoms with van der Waals surface area (Å²) in [4.78, 5) is 0. The summed E-state index contributed by atoms with van der Waals surface area (Å²) in [6, 6.07) is 0. The molecule has 0 aromatic heterocycles. The Hall–Kier alpha value is 0.295. The summed E-state index contributed by atoms with van der Waals surface area (Å²) in [5.41, 5.74) is 5.03. The lowest BCUT2D eigenvalue weighted by molar-refractivity contribution is 0.00651. The van der Waals surface area contributed by atoms with E-state index in [9.17, 15) is 0 Å². The van der Waals surface area contributed by atoms with Crippen LogP contribution in [0.4, 0.5) is 0 Å². The van der Waals surface area contributed by atoms with Gasteiger partial charge in [0.05, 0.1) is 5.60 Å². The molecule has 0 aromatic rings. The fourth-order valence-electron chi connectivity index (χ4n) is 3.78. The molecule has 0 saturated carbocycles. The van der Waals surface area contributed by atoms with Gasteiger partial charge < -0.3 is 15.7 Å². The highest BCUT2D eigenvalue weighted by Crippen LogP contribution is 2.51. The largest absolute Gasteiger partial charge is 0.434 e. The molecule has 1 aliphatic heterocycles. The second kappa shape index (κ2) is 11.5. The Bertz CT molecular complexity index is 398. The third kappa shape index (κ3) is 8.28. The van der Waals surface area contributed by atoms with Gasteiger partial charge >= 0.3 is 0 Å². The van der Waals surface area contributed by atoms with Crippen LogP contribution in [-0.4, -0.2) is 38.0 Å². The highest BCUT2D eigenvalue weighted by molar-refractivity contribution is 7.81. The topological polar surface area (TPSA) is 47.3 Å². The Labute approximate surface area is 177 Å². The molecule has 3 N–H and O–H groups in total. The number of nitrogens with two attached hydrogens (primary N) is 1. The zero-order chi connectivity index (χ0) is 21.4. The highest BCUT2D eigenvalue weighted by atomic mass is 32.1. The van der Waals surface area contributed by atoms with Crippen LogP contribution in [0.15, 0.2) is 0 Å². The zero-order valence-electron chi connectivity index (χ0n) is 19.7. The van der Waals surface area contributed by atoms with Gasteiger partial charge in [0.2, 0.25) is 0 Å². The number of unbranched alkanes of at least 4 members (excludes halogenated alkanes) is 1. The van der Waals surface area contributed by atoms with Gasteiger partial charge in [-0.3, -0.25) is 0 Å². The Balaban J connectivity index is 0.00000326. The molecule has 1 atom stereocenters. The molecule has 0 bridgehead atoms. The molecule has 3 nitrogen and oxygen atoms in total. The molecule has 1 rings (SSSR count). The van der Waals surface area contributed by atoms with Gasteiger partial charge in [0, 0.05) is 4.75 Å². The molecule has 5 heteroatoms. The van der Waals surface area contributed by atoms with Crippen LogP contribution < -0.4 is 11.1 Å². The first-order chi connectivity index (χ1) is 12.3. The van der Waals surface area contributed by atoms with Crippen LogP contribution in [0.3, 0.4) is 0 Å². The van der Waals surface area contributed by atoms with Crippen molar-refractivity contribution in [3.63, 3.8) is 0 Å². The summed E-state index contributed by atoms with van der Waals surface area (Å²) in [6.07, 6.45) is 7.49. The first kappa shape index (κ1) is 27.3. The average Bonchev–Trinajstić information content (AvgIpc) is 2.58. The summed E-state index contributed by atoms with van der Waals surface area (Å²) >= 11 is 4.66. The Morgan fingerprint density at radius 3 is 1.93 bits per heavy atom. The molecule has 1 unspecified atom stereocenters. The van der Waals surface area contributed by atoms with Crippen molar-refractivity contribution in [3.8, 4) is 0 Å². The first-order valence-electron chi connectivity index (χ1n) is 10.8. The van der Waals surface area contributed by atoms with Crippen molar-refractivity contribution in [2.24, 2.45) is 22.5 Å². The molecule has 1 aliphatic rings. The standard InChI is InChI=1S/C21H43BNOS.CH5N/c1-18(2,3)21(8,17-11-15-23-16-12-17)13-9-10-14-22-24-19(4,5)20(6,7)25;1-2/h17,23,25H,9-16H2,1-8H3;2H2,1H3. The summed E-state index contributed by atoms with van der Waals surface area (Å²) in [5, 5.41) is 3.52. The highest BCUT2D eigenvalue weighted by Gasteiger charge is 2.43. The summed E-state index contributed by atoms with van der Waals surface area (Å²) in [7, 11) is 3.51. The quantitative estimate of drug-likeness (QED) is 0.279. The van der Waals surface area contributed by atoms with Gasteiger partial charge in [0.1, 0.15) is 0 Å². The molecule has 1 fully saturated rings. The molecule has 1 radical (unpaired) electrons. The molecule has 0 spiro atoms. The minimum absolute atomic E-state index is 0.149. The normalized spacial score (nSPS) is 19.1. The Morgan fingerprint density at radius 2 is 1.48 bits per heavy atom. The molecule has 0 aromatic carbocycles. The van der Waals surface area contributed by atoms with E-state index >= 15 is 0 Å². The van der Waals surface area contributed by atoms with E-state index in [0.717, 1.165) is 12.2 Å². The summed E-state index contributed by atoms with van der Waals surface area (Å²) < 4.78 is 5.85. The van der Waals surface area contributed by atoms with Gasteiger partial charge in [-0.05, 0) is 83.8 Å². The van der Waals surface area contributed by atoms with Crippen LogP contribution in [0, 0.1) is 16.7 Å². The van der Waals surface area contributed by atoms with Crippen LogP contribution in [0.25, 0.3) is 0 Å². The van der Waals surface area contributed by atoms with Crippen molar-refractivity contribution in [2.75, 3.05) is 20.1 Å². The van der Waals surface area contributed by atoms with Crippen molar-refractivity contribution >= 4 is 20.1 Å². The minimum Gasteiger partial charge on any atom is -0.434 e. The van der Waals surface area contributed by atoms with Gasteiger partial charge in [-0.1, -0.05) is 46.9 Å². The molecule has 0 aliphatic carbocycles. The van der Waals surface area contributed by atoms with Crippen LogP contribution in [-0.2, 0) is 4.65 Å². The number of hydrogen-bond acceptors (Lipinski definition) is 4. The van der Waals surface area contributed by atoms with Gasteiger partial charge in [-0.2, -0.15) is 12.6 Å². The maximum Gasteiger partial charge on any atom is 0.293 e. The lowest BCUT2D eigenvalue weighted by Crippen LogP contribution is -2.44. The molecular formula is C22H48BN2OS. The zero-order valence-corrected chi connectivity index (χ0v) is 20.6. The van der Waals surface area contributed by atoms with Crippen molar-refractivity contribution < 1.29 is 4.65 Å². The summed E-state index contributed by atoms with van der Waals surface area (Å²) in [5.74, 6) is 0.845. The Morgan fingerprint density at radius 1 is 0.963 bits per heavy atom. The number of thiol groups is 1. The number of piperidine rings is 1. The van der Waals surface area contributed by atoms with E-state index < -0.39 is 0 Å². The average molecular weight is 400 g/mol. The van der Waals surface area contributed by atoms with Gasteiger partial charge in [-0.15, -0.1) is 0 Å². The maximum atomic E-state index is 6.00. The predicted octanol–water partition coefficient (Wildman–Crippen LogP) is 5.32. The summed E-state index contributed by atoms with van der Waals surface area (Å²) in [6.45, 7) is 20.7. The van der Waals surface area contributed by atoms with Crippen LogP contribution in [0.1, 0.15) is 87.5 Å². The minimum atomic E-state index is -0.245. The number of rotatable bonds is 9. The fourth-order valence-corrected chi connectivity index (χ4v) is 3.83. The van der Waals surface area contributed by atoms with E-state index in [0.29, 0.717) is 10.8 Å². The van der Waals surface area contributed by atoms with E-state index in [-0.39, 0.29) is 10.3 Å². The molecule has 161 valence electrons. The number of hydrogen-bond donors (Lipinski definition) is 3. The van der Waals surface area contributed by atoms with Crippen molar-refractivity contribution in [3.05, 3.63) is 0 Å². The monoisotopic (exact) mass is 399 g/mol. The fraction of sp³-hybridized carbons (Fsp3) is 1.00. The second-order valence-corrected chi connectivity index (χ2v) is 11.4. The Kier molecular flexibility index (Phi) is 11.6. The predicted molar refractivity (Wildman–Crippen MR) is 126 cm³/mol. The lowest BCUT2D eigenvalue weighted by Gasteiger charge is -2.49. The molecule has 1 heterocycles. The number of nitrogens with one attached hydrogen (secondary N) is 1. The van der Waals surface area contributed by atoms with Crippen LogP contribution >= 0.6 is 12.6 Å². The van der Waals surface area contributed by atoms with E-state index in [4.69, 9.17) is 4.65 Å². The second-order valence-electron chi connectivity index (χ2n) is 10.3. The van der Waals surface area contributed by atoms with Crippen molar-refractivity contribution in [1.82, 2.24) is 5.32 Å². The van der Waals surface area contributed by atoms with Gasteiger partial charge in [0.25, 0.3) is 7.48 Å². The molecule has 27 heavy (non-hydrogen) atoms. The van der Waals surface area contributed by atoms with Crippen LogP contribution in [0.2, 0.25) is 6.32 Å². The maximum absolute atomic E-state index is 6.00. The van der Waals surface area contributed by atoms with Gasteiger partial charge in [0.15, 0.2) is 0 Å². The van der Waals surface area contributed by atoms with Gasteiger partial charge in [-0.25, -0.2) is 0 Å². The molecule has 0 amide bonds.